The first-order chi connectivity index (χ1) is 15.5. The Kier molecular flexibility index (Phi) is 7.60. The first kappa shape index (κ1) is 24.9. The van der Waals surface area contributed by atoms with Gasteiger partial charge < -0.3 is 10.2 Å². The summed E-state index contributed by atoms with van der Waals surface area (Å²) in [6.07, 6.45) is 0. The molecule has 0 aliphatic carbocycles. The molecule has 7 heteroatoms. The minimum atomic E-state index is -0.488. The second-order valence-electron chi connectivity index (χ2n) is 9.69. The molecule has 3 rings (SSSR count). The number of carbonyl (C=O) groups excluding carboxylic acids is 1. The molecule has 0 saturated carbocycles. The van der Waals surface area contributed by atoms with Crippen LogP contribution in [0, 0.1) is 5.82 Å². The molecule has 0 saturated heterocycles. The summed E-state index contributed by atoms with van der Waals surface area (Å²) in [5.41, 5.74) is 3.69. The van der Waals surface area contributed by atoms with Gasteiger partial charge in [-0.1, -0.05) is 50.6 Å². The van der Waals surface area contributed by atoms with E-state index in [1.807, 2.05) is 60.1 Å². The minimum absolute atomic E-state index is 0.151. The minimum Gasteiger partial charge on any atom is -0.350 e. The van der Waals surface area contributed by atoms with Gasteiger partial charge in [0.25, 0.3) is 0 Å². The Morgan fingerprint density at radius 3 is 2.52 bits per heavy atom. The fourth-order valence-electron chi connectivity index (χ4n) is 3.53. The zero-order valence-corrected chi connectivity index (χ0v) is 20.9. The molecule has 33 heavy (non-hydrogen) atoms. The van der Waals surface area contributed by atoms with E-state index in [4.69, 9.17) is 16.7 Å². The molecule has 5 nitrogen and oxygen atoms in total. The SMILES string of the molecule is CC(C(=O)NCc1cc(C(C)(C)C)nn1-c1cccc(Cl)c1)c1ccc(CN(C)C)c(F)c1. The van der Waals surface area contributed by atoms with Gasteiger partial charge >= 0.3 is 0 Å². The summed E-state index contributed by atoms with van der Waals surface area (Å²) in [6.45, 7) is 8.87. The van der Waals surface area contributed by atoms with Crippen LogP contribution in [0.2, 0.25) is 5.02 Å². The highest BCUT2D eigenvalue weighted by molar-refractivity contribution is 6.30. The standard InChI is InChI=1S/C26H32ClFN4O/c1-17(18-10-11-19(16-31(5)6)23(28)12-18)25(33)29-15-22-14-24(26(2,3)4)30-32(22)21-9-7-8-20(27)13-21/h7-14,17H,15-16H2,1-6H3,(H,29,33). The van der Waals surface area contributed by atoms with Crippen molar-refractivity contribution in [3.05, 3.63) is 81.9 Å². The van der Waals surface area contributed by atoms with Crippen LogP contribution in [0.15, 0.2) is 48.5 Å². The van der Waals surface area contributed by atoms with Gasteiger partial charge in [-0.3, -0.25) is 4.79 Å². The van der Waals surface area contributed by atoms with Crippen LogP contribution in [0.3, 0.4) is 0 Å². The number of nitrogens with one attached hydrogen (secondary N) is 1. The van der Waals surface area contributed by atoms with Crippen LogP contribution < -0.4 is 5.32 Å². The lowest BCUT2D eigenvalue weighted by Gasteiger charge is -2.16. The van der Waals surface area contributed by atoms with Crippen molar-refractivity contribution in [3.8, 4) is 5.69 Å². The number of hydrogen-bond donors (Lipinski definition) is 1. The average Bonchev–Trinajstić information content (AvgIpc) is 3.17. The average molecular weight is 471 g/mol. The monoisotopic (exact) mass is 470 g/mol. The molecule has 0 bridgehead atoms. The Morgan fingerprint density at radius 2 is 1.91 bits per heavy atom. The fraction of sp³-hybridized carbons (Fsp3) is 0.385. The van der Waals surface area contributed by atoms with E-state index in [0.717, 1.165) is 17.1 Å². The second kappa shape index (κ2) is 10.1. The third-order valence-electron chi connectivity index (χ3n) is 5.51. The van der Waals surface area contributed by atoms with Crippen molar-refractivity contribution in [2.45, 2.75) is 52.1 Å². The van der Waals surface area contributed by atoms with E-state index in [9.17, 15) is 9.18 Å². The number of hydrogen-bond acceptors (Lipinski definition) is 3. The van der Waals surface area contributed by atoms with Crippen LogP contribution in [-0.4, -0.2) is 34.7 Å². The van der Waals surface area contributed by atoms with Gasteiger partial charge in [-0.25, -0.2) is 9.07 Å². The largest absolute Gasteiger partial charge is 0.350 e. The van der Waals surface area contributed by atoms with Crippen LogP contribution in [0.5, 0.6) is 0 Å². The van der Waals surface area contributed by atoms with Crippen LogP contribution in [0.1, 0.15) is 56.1 Å². The number of nitrogens with zero attached hydrogens (tertiary/aromatic N) is 3. The first-order valence-electron chi connectivity index (χ1n) is 11.0. The number of benzene rings is 2. The Morgan fingerprint density at radius 1 is 1.18 bits per heavy atom. The maximum Gasteiger partial charge on any atom is 0.227 e. The Balaban J connectivity index is 1.79. The second-order valence-corrected chi connectivity index (χ2v) is 10.1. The van der Waals surface area contributed by atoms with Crippen molar-refractivity contribution in [1.82, 2.24) is 20.0 Å². The van der Waals surface area contributed by atoms with Gasteiger partial charge in [0.2, 0.25) is 5.91 Å². The molecule has 1 N–H and O–H groups in total. The zero-order valence-electron chi connectivity index (χ0n) is 20.1. The number of rotatable bonds is 7. The number of aromatic nitrogens is 2. The smallest absolute Gasteiger partial charge is 0.227 e. The molecule has 0 radical (unpaired) electrons. The summed E-state index contributed by atoms with van der Waals surface area (Å²) in [6, 6.07) is 14.5. The molecule has 1 unspecified atom stereocenters. The number of carbonyl (C=O) groups is 1. The molecule has 0 aliphatic rings. The molecule has 0 aliphatic heterocycles. The third kappa shape index (κ3) is 6.21. The lowest BCUT2D eigenvalue weighted by Crippen LogP contribution is -2.28. The molecule has 1 atom stereocenters. The van der Waals surface area contributed by atoms with Crippen molar-refractivity contribution < 1.29 is 9.18 Å². The van der Waals surface area contributed by atoms with Crippen LogP contribution in [0.25, 0.3) is 5.69 Å². The summed E-state index contributed by atoms with van der Waals surface area (Å²) in [7, 11) is 3.78. The predicted octanol–water partition coefficient (Wildman–Crippen LogP) is 5.44. The van der Waals surface area contributed by atoms with Crippen LogP contribution in [-0.2, 0) is 23.3 Å². The topological polar surface area (TPSA) is 50.2 Å². The maximum atomic E-state index is 14.5. The maximum absolute atomic E-state index is 14.5. The predicted molar refractivity (Wildman–Crippen MR) is 131 cm³/mol. The van der Waals surface area contributed by atoms with Crippen LogP contribution >= 0.6 is 11.6 Å². The van der Waals surface area contributed by atoms with Crippen molar-refractivity contribution >= 4 is 17.5 Å². The van der Waals surface area contributed by atoms with E-state index in [0.29, 0.717) is 29.2 Å². The van der Waals surface area contributed by atoms with Gasteiger partial charge in [0.1, 0.15) is 5.82 Å². The van der Waals surface area contributed by atoms with Gasteiger partial charge in [-0.2, -0.15) is 5.10 Å². The molecular weight excluding hydrogens is 439 g/mol. The van der Waals surface area contributed by atoms with Crippen molar-refractivity contribution in [3.63, 3.8) is 0 Å². The van der Waals surface area contributed by atoms with E-state index < -0.39 is 5.92 Å². The van der Waals surface area contributed by atoms with Gasteiger partial charge in [-0.05, 0) is 56.9 Å². The molecule has 1 heterocycles. The summed E-state index contributed by atoms with van der Waals surface area (Å²) in [4.78, 5) is 14.8. The Bertz CT molecular complexity index is 1130. The van der Waals surface area contributed by atoms with Gasteiger partial charge in [0.05, 0.1) is 29.5 Å². The molecular formula is C26H32ClFN4O. The Labute approximate surface area is 200 Å². The van der Waals surface area contributed by atoms with Crippen LogP contribution in [0.4, 0.5) is 4.39 Å². The molecule has 1 aromatic heterocycles. The number of halogens is 2. The van der Waals surface area contributed by atoms with E-state index >= 15 is 0 Å². The van der Waals surface area contributed by atoms with Crippen molar-refractivity contribution in [1.29, 1.82) is 0 Å². The molecule has 3 aromatic rings. The summed E-state index contributed by atoms with van der Waals surface area (Å²) < 4.78 is 16.3. The van der Waals surface area contributed by atoms with E-state index in [-0.39, 0.29) is 17.1 Å². The summed E-state index contributed by atoms with van der Waals surface area (Å²) in [5, 5.41) is 8.38. The first-order valence-corrected chi connectivity index (χ1v) is 11.4. The summed E-state index contributed by atoms with van der Waals surface area (Å²) >= 11 is 6.19. The van der Waals surface area contributed by atoms with E-state index in [2.05, 4.69) is 26.1 Å². The normalized spacial score (nSPS) is 12.8. The van der Waals surface area contributed by atoms with E-state index in [1.165, 1.54) is 6.07 Å². The molecule has 2 aromatic carbocycles. The molecule has 176 valence electrons. The fourth-order valence-corrected chi connectivity index (χ4v) is 3.71. The lowest BCUT2D eigenvalue weighted by molar-refractivity contribution is -0.122. The van der Waals surface area contributed by atoms with Crippen molar-refractivity contribution in [2.75, 3.05) is 14.1 Å². The third-order valence-corrected chi connectivity index (χ3v) is 5.74. The van der Waals surface area contributed by atoms with Gasteiger partial charge in [0.15, 0.2) is 0 Å². The molecule has 0 spiro atoms. The van der Waals surface area contributed by atoms with Gasteiger partial charge in [0, 0.05) is 22.5 Å². The number of amides is 1. The highest BCUT2D eigenvalue weighted by Crippen LogP contribution is 2.25. The molecule has 1 amide bonds. The molecule has 0 fully saturated rings. The van der Waals surface area contributed by atoms with Gasteiger partial charge in [-0.15, -0.1) is 0 Å². The quantitative estimate of drug-likeness (QED) is 0.500. The summed E-state index contributed by atoms with van der Waals surface area (Å²) in [5.74, 6) is -0.960. The highest BCUT2D eigenvalue weighted by Gasteiger charge is 2.22. The highest BCUT2D eigenvalue weighted by atomic mass is 35.5. The van der Waals surface area contributed by atoms with Crippen molar-refractivity contribution in [2.24, 2.45) is 0 Å². The Hall–Kier alpha value is -2.70. The zero-order chi connectivity index (χ0) is 24.3. The lowest BCUT2D eigenvalue weighted by atomic mass is 9.92. The van der Waals surface area contributed by atoms with E-state index in [1.54, 1.807) is 13.0 Å².